The molecule has 10 nitrogen and oxygen atoms in total. The fourth-order valence-electron chi connectivity index (χ4n) is 3.28. The summed E-state index contributed by atoms with van der Waals surface area (Å²) in [6.07, 6.45) is -0.166. The number of aromatic nitrogens is 2. The van der Waals surface area contributed by atoms with Gasteiger partial charge >= 0.3 is 13.3 Å². The Balaban J connectivity index is 2.13. The molecule has 11 heteroatoms. The maximum Gasteiger partial charge on any atom is 0.359 e. The highest BCUT2D eigenvalue weighted by molar-refractivity contribution is 7.54. The van der Waals surface area contributed by atoms with Crippen molar-refractivity contribution in [1.82, 2.24) is 9.55 Å². The summed E-state index contributed by atoms with van der Waals surface area (Å²) in [5.74, 6) is -0.532. The smallest absolute Gasteiger partial charge is 0.359 e. The summed E-state index contributed by atoms with van der Waals surface area (Å²) in [7, 11) is -4.37. The summed E-state index contributed by atoms with van der Waals surface area (Å²) < 4.78 is 18.5. The zero-order valence-corrected chi connectivity index (χ0v) is 16.6. The fraction of sp³-hybridized carbons (Fsp3) is 0.750. The highest BCUT2D eigenvalue weighted by Gasteiger charge is 2.56. The molecule has 1 heterocycles. The molecule has 1 aliphatic carbocycles. The minimum Gasteiger partial charge on any atom is -0.388 e. The lowest BCUT2D eigenvalue weighted by Gasteiger charge is -2.51. The van der Waals surface area contributed by atoms with E-state index >= 15 is 0 Å². The van der Waals surface area contributed by atoms with Gasteiger partial charge in [0.1, 0.15) is 6.10 Å². The first-order chi connectivity index (χ1) is 12.2. The van der Waals surface area contributed by atoms with Crippen LogP contribution >= 0.6 is 7.60 Å². The van der Waals surface area contributed by atoms with Crippen molar-refractivity contribution in [2.75, 3.05) is 0 Å². The predicted octanol–water partition coefficient (Wildman–Crippen LogP) is 0.0517. The predicted molar refractivity (Wildman–Crippen MR) is 96.2 cm³/mol. The van der Waals surface area contributed by atoms with Crippen LogP contribution in [0.15, 0.2) is 21.9 Å². The molecule has 1 aromatic rings. The molecule has 1 aliphatic rings. The molecule has 0 spiro atoms. The second-order valence-corrected chi connectivity index (χ2v) is 10.1. The lowest BCUT2D eigenvalue weighted by Crippen LogP contribution is -2.63. The lowest BCUT2D eigenvalue weighted by molar-refractivity contribution is -0.247. The van der Waals surface area contributed by atoms with Crippen molar-refractivity contribution in [2.24, 2.45) is 5.92 Å². The number of hydrogen-bond donors (Lipinski definition) is 5. The topological polar surface area (TPSA) is 162 Å². The third kappa shape index (κ3) is 4.11. The minimum absolute atomic E-state index is 0.0117. The Bertz CT molecular complexity index is 860. The number of nitrogens with zero attached hydrogens (tertiary/aromatic N) is 1. The van der Waals surface area contributed by atoms with E-state index in [1.165, 1.54) is 20.8 Å². The normalized spacial score (nSPS) is 30.2. The van der Waals surface area contributed by atoms with Crippen LogP contribution in [0.1, 0.15) is 47.0 Å². The van der Waals surface area contributed by atoms with Crippen molar-refractivity contribution in [2.45, 2.75) is 69.7 Å². The molecule has 0 aliphatic heterocycles. The number of aliphatic hydroxyl groups is 3. The average Bonchev–Trinajstić information content (AvgIpc) is 2.52. The highest BCUT2D eigenvalue weighted by Crippen LogP contribution is 2.59. The molecular weight excluding hydrogens is 379 g/mol. The van der Waals surface area contributed by atoms with Gasteiger partial charge in [-0.3, -0.25) is 18.9 Å². The number of hydrogen-bond acceptors (Lipinski definition) is 7. The van der Waals surface area contributed by atoms with Crippen molar-refractivity contribution < 1.29 is 29.3 Å². The Morgan fingerprint density at radius 3 is 2.48 bits per heavy atom. The molecule has 0 aromatic carbocycles. The van der Waals surface area contributed by atoms with Gasteiger partial charge in [-0.05, 0) is 39.5 Å². The van der Waals surface area contributed by atoms with E-state index in [0.717, 1.165) is 16.8 Å². The van der Waals surface area contributed by atoms with E-state index in [0.29, 0.717) is 0 Å². The first-order valence-corrected chi connectivity index (χ1v) is 10.2. The summed E-state index contributed by atoms with van der Waals surface area (Å²) >= 11 is 0. The molecule has 0 radical (unpaired) electrons. The number of H-pyrrole nitrogens is 1. The maximum absolute atomic E-state index is 12.4. The van der Waals surface area contributed by atoms with Gasteiger partial charge in [0.05, 0.1) is 5.60 Å². The first-order valence-electron chi connectivity index (χ1n) is 8.64. The van der Waals surface area contributed by atoms with Gasteiger partial charge in [-0.15, -0.1) is 0 Å². The summed E-state index contributed by atoms with van der Waals surface area (Å²) in [5, 5.41) is 29.1. The molecule has 5 atom stereocenters. The molecule has 27 heavy (non-hydrogen) atoms. The molecular formula is C16H27N2O8P. The lowest BCUT2D eigenvalue weighted by atomic mass is 9.69. The van der Waals surface area contributed by atoms with Crippen LogP contribution < -0.4 is 11.2 Å². The number of aromatic amines is 1. The van der Waals surface area contributed by atoms with E-state index in [9.17, 15) is 34.4 Å². The Kier molecular flexibility index (Phi) is 5.66. The molecule has 1 aromatic heterocycles. The van der Waals surface area contributed by atoms with Crippen LogP contribution in [0, 0.1) is 5.92 Å². The van der Waals surface area contributed by atoms with Gasteiger partial charge in [0, 0.05) is 18.7 Å². The third-order valence-corrected chi connectivity index (χ3v) is 7.40. The van der Waals surface area contributed by atoms with Crippen LogP contribution in [0.25, 0.3) is 0 Å². The summed E-state index contributed by atoms with van der Waals surface area (Å²) in [4.78, 5) is 35.1. The number of aliphatic hydroxyl groups excluding tert-OH is 1. The van der Waals surface area contributed by atoms with Gasteiger partial charge < -0.3 is 24.7 Å². The molecule has 1 fully saturated rings. The Morgan fingerprint density at radius 1 is 1.41 bits per heavy atom. The Hall–Kier alpha value is -1.29. The molecule has 0 saturated heterocycles. The van der Waals surface area contributed by atoms with Gasteiger partial charge in [-0.25, -0.2) is 4.79 Å². The van der Waals surface area contributed by atoms with E-state index in [1.54, 1.807) is 6.92 Å². The number of rotatable bonds is 7. The van der Waals surface area contributed by atoms with Gasteiger partial charge in [-0.2, -0.15) is 0 Å². The summed E-state index contributed by atoms with van der Waals surface area (Å²) in [6, 6.07) is 1.06. The van der Waals surface area contributed by atoms with Gasteiger partial charge in [0.15, 0.2) is 11.1 Å². The number of nitrogens with one attached hydrogen (secondary N) is 1. The molecule has 3 unspecified atom stereocenters. The minimum atomic E-state index is -4.37. The van der Waals surface area contributed by atoms with Gasteiger partial charge in [-0.1, -0.05) is 6.92 Å². The zero-order valence-electron chi connectivity index (χ0n) is 15.7. The molecule has 5 N–H and O–H groups in total. The molecule has 0 bridgehead atoms. The largest absolute Gasteiger partial charge is 0.388 e. The van der Waals surface area contributed by atoms with E-state index < -0.39 is 47.5 Å². The van der Waals surface area contributed by atoms with E-state index in [-0.39, 0.29) is 19.3 Å². The SMILES string of the molecule is CCC(C)(O)P(=O)(O)OC(C)(C)CC1C[C@@](O)(n2ccc(=O)[nH]c2=O)[C@@H]1O. The van der Waals surface area contributed by atoms with Crippen molar-refractivity contribution in [3.8, 4) is 0 Å². The molecule has 2 rings (SSSR count). The van der Waals surface area contributed by atoms with Crippen LogP contribution in [-0.4, -0.2) is 46.8 Å². The van der Waals surface area contributed by atoms with E-state index in [2.05, 4.69) is 0 Å². The van der Waals surface area contributed by atoms with Gasteiger partial charge in [0.2, 0.25) is 0 Å². The van der Waals surface area contributed by atoms with Crippen LogP contribution in [0.2, 0.25) is 0 Å². The second kappa shape index (κ2) is 6.95. The van der Waals surface area contributed by atoms with Crippen molar-refractivity contribution in [1.29, 1.82) is 0 Å². The second-order valence-electron chi connectivity index (χ2n) is 7.91. The average molecular weight is 406 g/mol. The Morgan fingerprint density at radius 2 is 2.00 bits per heavy atom. The van der Waals surface area contributed by atoms with Crippen molar-refractivity contribution in [3.63, 3.8) is 0 Å². The van der Waals surface area contributed by atoms with E-state index in [1.807, 2.05) is 4.98 Å². The zero-order chi connectivity index (χ0) is 20.8. The monoisotopic (exact) mass is 406 g/mol. The quantitative estimate of drug-likeness (QED) is 0.397. The summed E-state index contributed by atoms with van der Waals surface area (Å²) in [6.45, 7) is 5.84. The Labute approximate surface area is 156 Å². The molecule has 1 saturated carbocycles. The first kappa shape index (κ1) is 22.0. The molecule has 0 amide bonds. The van der Waals surface area contributed by atoms with Crippen LogP contribution in [0.3, 0.4) is 0 Å². The summed E-state index contributed by atoms with van der Waals surface area (Å²) in [5.41, 5.74) is -4.55. The maximum atomic E-state index is 12.4. The van der Waals surface area contributed by atoms with Crippen LogP contribution in [0.5, 0.6) is 0 Å². The van der Waals surface area contributed by atoms with Gasteiger partial charge in [0.25, 0.3) is 5.56 Å². The highest BCUT2D eigenvalue weighted by atomic mass is 31.2. The van der Waals surface area contributed by atoms with Crippen molar-refractivity contribution >= 4 is 7.60 Å². The van der Waals surface area contributed by atoms with Crippen LogP contribution in [-0.2, 0) is 14.8 Å². The fourth-order valence-corrected chi connectivity index (χ4v) is 4.62. The van der Waals surface area contributed by atoms with Crippen molar-refractivity contribution in [3.05, 3.63) is 33.1 Å². The molecule has 154 valence electrons. The standard InChI is InChI=1S/C16H27N2O8P/c1-5-15(4,22)27(24,25)26-14(2,3)8-10-9-16(23,12(10)20)18-7-6-11(19)17-13(18)21/h6-7,10,12,20,22-23H,5,8-9H2,1-4H3,(H,24,25)(H,17,19,21)/t10?,12-,15?,16+/m1/s1. The third-order valence-electron chi connectivity index (χ3n) is 5.13. The van der Waals surface area contributed by atoms with E-state index in [4.69, 9.17) is 4.52 Å². The van der Waals surface area contributed by atoms with Crippen LogP contribution in [0.4, 0.5) is 0 Å².